The smallest absolute Gasteiger partial charge is 0.332 e. The van der Waals surface area contributed by atoms with Crippen LogP contribution in [-0.2, 0) is 0 Å². The normalized spacial score (nSPS) is 10.3. The molecular formula is C11H8ClFN4O2. The maximum atomic E-state index is 13.5. The molecule has 0 spiro atoms. The van der Waals surface area contributed by atoms with Gasteiger partial charge in [-0.15, -0.1) is 0 Å². The maximum absolute atomic E-state index is 13.5. The second-order valence-electron chi connectivity index (χ2n) is 3.64. The van der Waals surface area contributed by atoms with Gasteiger partial charge in [0.05, 0.1) is 10.6 Å². The van der Waals surface area contributed by atoms with Gasteiger partial charge in [-0.1, -0.05) is 12.1 Å². The Labute approximate surface area is 112 Å². The fourth-order valence-electron chi connectivity index (χ4n) is 1.53. The molecule has 0 aliphatic carbocycles. The molecule has 0 saturated heterocycles. The highest BCUT2D eigenvalue weighted by Crippen LogP contribution is 2.29. The number of aryl methyl sites for hydroxylation is 1. The van der Waals surface area contributed by atoms with Gasteiger partial charge in [0.1, 0.15) is 11.5 Å². The number of nitrogens with zero attached hydrogens (tertiary/aromatic N) is 3. The molecule has 0 fully saturated rings. The van der Waals surface area contributed by atoms with E-state index in [4.69, 9.17) is 11.6 Å². The lowest BCUT2D eigenvalue weighted by Gasteiger charge is -2.08. The molecule has 0 saturated carbocycles. The first kappa shape index (κ1) is 13.2. The van der Waals surface area contributed by atoms with E-state index in [2.05, 4.69) is 15.3 Å². The van der Waals surface area contributed by atoms with E-state index in [1.54, 1.807) is 6.07 Å². The third kappa shape index (κ3) is 2.76. The fourth-order valence-corrected chi connectivity index (χ4v) is 1.74. The molecule has 98 valence electrons. The van der Waals surface area contributed by atoms with Crippen molar-refractivity contribution in [2.45, 2.75) is 6.92 Å². The van der Waals surface area contributed by atoms with Crippen molar-refractivity contribution in [1.82, 2.24) is 9.97 Å². The van der Waals surface area contributed by atoms with Crippen molar-refractivity contribution >= 4 is 28.8 Å². The second kappa shape index (κ2) is 5.15. The molecule has 1 N–H and O–H groups in total. The molecule has 0 aliphatic heterocycles. The van der Waals surface area contributed by atoms with Crippen LogP contribution >= 0.6 is 11.6 Å². The Morgan fingerprint density at radius 2 is 2.05 bits per heavy atom. The minimum atomic E-state index is -0.644. The minimum absolute atomic E-state index is 0.0692. The molecule has 1 heterocycles. The summed E-state index contributed by atoms with van der Waals surface area (Å²) in [5, 5.41) is 13.4. The van der Waals surface area contributed by atoms with Crippen LogP contribution in [0.2, 0.25) is 5.28 Å². The quantitative estimate of drug-likeness (QED) is 0.531. The first-order chi connectivity index (χ1) is 8.99. The van der Waals surface area contributed by atoms with Crippen LogP contribution in [-0.4, -0.2) is 14.9 Å². The van der Waals surface area contributed by atoms with E-state index >= 15 is 0 Å². The topological polar surface area (TPSA) is 81.0 Å². The standard InChI is InChI=1S/C11H8ClFN4O2/c1-6-9(17(18)19)10(16-11(12)14-6)15-8-5-3-2-4-7(8)13/h2-5H,1H3,(H,14,15,16). The largest absolute Gasteiger partial charge is 0.332 e. The van der Waals surface area contributed by atoms with Crippen LogP contribution in [0.15, 0.2) is 24.3 Å². The van der Waals surface area contributed by atoms with Gasteiger partial charge in [0.2, 0.25) is 11.1 Å². The Bertz CT molecular complexity index is 651. The molecule has 0 bridgehead atoms. The van der Waals surface area contributed by atoms with Crippen LogP contribution < -0.4 is 5.32 Å². The number of para-hydroxylation sites is 1. The second-order valence-corrected chi connectivity index (χ2v) is 3.98. The third-order valence-electron chi connectivity index (χ3n) is 2.34. The summed E-state index contributed by atoms with van der Waals surface area (Å²) >= 11 is 5.65. The molecule has 0 radical (unpaired) electrons. The Balaban J connectivity index is 2.51. The maximum Gasteiger partial charge on any atom is 0.332 e. The monoisotopic (exact) mass is 282 g/mol. The SMILES string of the molecule is Cc1nc(Cl)nc(Nc2ccccc2F)c1[N+](=O)[O-]. The Hall–Kier alpha value is -2.28. The zero-order valence-electron chi connectivity index (χ0n) is 9.72. The van der Waals surface area contributed by atoms with E-state index in [0.717, 1.165) is 0 Å². The van der Waals surface area contributed by atoms with Crippen molar-refractivity contribution in [2.24, 2.45) is 0 Å². The zero-order valence-corrected chi connectivity index (χ0v) is 10.5. The number of rotatable bonds is 3. The molecule has 1 aromatic carbocycles. The van der Waals surface area contributed by atoms with E-state index in [9.17, 15) is 14.5 Å². The van der Waals surface area contributed by atoms with E-state index in [0.29, 0.717) is 0 Å². The van der Waals surface area contributed by atoms with Gasteiger partial charge in [0.25, 0.3) is 0 Å². The van der Waals surface area contributed by atoms with Crippen LogP contribution in [0.25, 0.3) is 0 Å². The lowest BCUT2D eigenvalue weighted by molar-refractivity contribution is -0.385. The van der Waals surface area contributed by atoms with Gasteiger partial charge in [0.15, 0.2) is 0 Å². The summed E-state index contributed by atoms with van der Waals surface area (Å²) in [7, 11) is 0. The van der Waals surface area contributed by atoms with Crippen molar-refractivity contribution in [2.75, 3.05) is 5.32 Å². The van der Waals surface area contributed by atoms with Crippen molar-refractivity contribution in [1.29, 1.82) is 0 Å². The van der Waals surface area contributed by atoms with Crippen LogP contribution in [0.1, 0.15) is 5.69 Å². The molecule has 0 amide bonds. The molecule has 0 aliphatic rings. The summed E-state index contributed by atoms with van der Waals surface area (Å²) in [5.74, 6) is -0.697. The first-order valence-corrected chi connectivity index (χ1v) is 5.57. The Kier molecular flexibility index (Phi) is 3.57. The van der Waals surface area contributed by atoms with E-state index in [1.165, 1.54) is 25.1 Å². The number of halogens is 2. The molecular weight excluding hydrogens is 275 g/mol. The van der Waals surface area contributed by atoms with Gasteiger partial charge in [-0.2, -0.15) is 4.98 Å². The van der Waals surface area contributed by atoms with E-state index in [-0.39, 0.29) is 28.2 Å². The van der Waals surface area contributed by atoms with E-state index < -0.39 is 10.7 Å². The van der Waals surface area contributed by atoms with Crippen LogP contribution in [0.3, 0.4) is 0 Å². The number of anilines is 2. The average Bonchev–Trinajstić information content (AvgIpc) is 2.30. The molecule has 2 rings (SSSR count). The number of aromatic nitrogens is 2. The lowest BCUT2D eigenvalue weighted by atomic mass is 10.3. The van der Waals surface area contributed by atoms with Gasteiger partial charge in [-0.05, 0) is 30.7 Å². The number of nitrogens with one attached hydrogen (secondary N) is 1. The van der Waals surface area contributed by atoms with Crippen molar-refractivity contribution in [3.8, 4) is 0 Å². The molecule has 19 heavy (non-hydrogen) atoms. The predicted molar refractivity (Wildman–Crippen MR) is 68.1 cm³/mol. The molecule has 1 aromatic heterocycles. The summed E-state index contributed by atoms with van der Waals surface area (Å²) < 4.78 is 13.5. The fraction of sp³-hybridized carbons (Fsp3) is 0.0909. The Morgan fingerprint density at radius 1 is 1.37 bits per heavy atom. The van der Waals surface area contributed by atoms with Gasteiger partial charge in [-0.25, -0.2) is 9.37 Å². The van der Waals surface area contributed by atoms with Gasteiger partial charge in [-0.3, -0.25) is 10.1 Å². The minimum Gasteiger partial charge on any atom is -0.332 e. The summed E-state index contributed by atoms with van der Waals surface area (Å²) in [6, 6.07) is 5.76. The number of hydrogen-bond donors (Lipinski definition) is 1. The molecule has 0 unspecified atom stereocenters. The third-order valence-corrected chi connectivity index (χ3v) is 2.51. The van der Waals surface area contributed by atoms with Gasteiger partial charge >= 0.3 is 5.69 Å². The highest BCUT2D eigenvalue weighted by molar-refractivity contribution is 6.28. The molecule has 8 heteroatoms. The highest BCUT2D eigenvalue weighted by atomic mass is 35.5. The van der Waals surface area contributed by atoms with Crippen molar-refractivity contribution in [3.63, 3.8) is 0 Å². The number of nitro groups is 1. The average molecular weight is 283 g/mol. The van der Waals surface area contributed by atoms with Gasteiger partial charge in [0, 0.05) is 0 Å². The van der Waals surface area contributed by atoms with Crippen molar-refractivity contribution < 1.29 is 9.31 Å². The van der Waals surface area contributed by atoms with E-state index in [1.807, 2.05) is 0 Å². The lowest BCUT2D eigenvalue weighted by Crippen LogP contribution is -2.05. The highest BCUT2D eigenvalue weighted by Gasteiger charge is 2.22. The summed E-state index contributed by atoms with van der Waals surface area (Å²) in [5.41, 5.74) is -0.170. The summed E-state index contributed by atoms with van der Waals surface area (Å²) in [6.07, 6.45) is 0. The number of hydrogen-bond acceptors (Lipinski definition) is 5. The van der Waals surface area contributed by atoms with Crippen molar-refractivity contribution in [3.05, 3.63) is 51.2 Å². The van der Waals surface area contributed by atoms with Crippen LogP contribution in [0.4, 0.5) is 21.6 Å². The predicted octanol–water partition coefficient (Wildman–Crippen LogP) is 3.23. The Morgan fingerprint density at radius 3 is 2.68 bits per heavy atom. The first-order valence-electron chi connectivity index (χ1n) is 5.19. The van der Waals surface area contributed by atoms with Crippen LogP contribution in [0, 0.1) is 22.9 Å². The zero-order chi connectivity index (χ0) is 14.0. The molecule has 0 atom stereocenters. The molecule has 2 aromatic rings. The molecule has 6 nitrogen and oxygen atoms in total. The summed E-state index contributed by atoms with van der Waals surface area (Å²) in [4.78, 5) is 17.8. The number of benzene rings is 1. The summed E-state index contributed by atoms with van der Waals surface area (Å²) in [6.45, 7) is 1.43. The van der Waals surface area contributed by atoms with Gasteiger partial charge < -0.3 is 5.32 Å². The van der Waals surface area contributed by atoms with Crippen LogP contribution in [0.5, 0.6) is 0 Å².